The van der Waals surface area contributed by atoms with Gasteiger partial charge in [-0.15, -0.1) is 0 Å². The molecule has 1 unspecified atom stereocenters. The zero-order valence-electron chi connectivity index (χ0n) is 12.6. The van der Waals surface area contributed by atoms with E-state index in [9.17, 15) is 0 Å². The molecule has 1 atom stereocenters. The minimum absolute atomic E-state index is 0.617. The third-order valence-electron chi connectivity index (χ3n) is 2.95. The van der Waals surface area contributed by atoms with Crippen molar-refractivity contribution in [3.63, 3.8) is 0 Å². The molecule has 0 saturated carbocycles. The SMILES string of the molecule is CN=C(NCCCOCC(C)C)NCC1CCCS1. The maximum atomic E-state index is 5.55. The Kier molecular flexibility index (Phi) is 9.08. The molecule has 1 rings (SSSR count). The Morgan fingerprint density at radius 2 is 2.26 bits per heavy atom. The number of hydrogen-bond acceptors (Lipinski definition) is 3. The molecule has 0 spiro atoms. The fraction of sp³-hybridized carbons (Fsp3) is 0.929. The van der Waals surface area contributed by atoms with E-state index in [-0.39, 0.29) is 0 Å². The second kappa shape index (κ2) is 10.4. The largest absolute Gasteiger partial charge is 0.381 e. The Morgan fingerprint density at radius 1 is 1.42 bits per heavy atom. The second-order valence-corrected chi connectivity index (χ2v) is 6.75. The van der Waals surface area contributed by atoms with Gasteiger partial charge in [0.1, 0.15) is 0 Å². The molecule has 0 aromatic carbocycles. The van der Waals surface area contributed by atoms with Crippen LogP contribution in [-0.2, 0) is 4.74 Å². The fourth-order valence-electron chi connectivity index (χ4n) is 1.94. The van der Waals surface area contributed by atoms with Crippen LogP contribution in [0, 0.1) is 5.92 Å². The van der Waals surface area contributed by atoms with Crippen LogP contribution >= 0.6 is 11.8 Å². The molecule has 112 valence electrons. The Labute approximate surface area is 122 Å². The quantitative estimate of drug-likeness (QED) is 0.408. The van der Waals surface area contributed by atoms with Crippen molar-refractivity contribution >= 4 is 17.7 Å². The molecule has 0 radical (unpaired) electrons. The number of nitrogens with zero attached hydrogens (tertiary/aromatic N) is 1. The maximum Gasteiger partial charge on any atom is 0.191 e. The lowest BCUT2D eigenvalue weighted by atomic mass is 10.2. The van der Waals surface area contributed by atoms with Crippen molar-refractivity contribution in [2.45, 2.75) is 38.4 Å². The van der Waals surface area contributed by atoms with Crippen molar-refractivity contribution in [2.75, 3.05) is 39.1 Å². The standard InChI is InChI=1S/C14H29N3OS/c1-12(2)11-18-8-5-7-16-14(15-3)17-10-13-6-4-9-19-13/h12-13H,4-11H2,1-3H3,(H2,15,16,17). The van der Waals surface area contributed by atoms with E-state index in [4.69, 9.17) is 4.74 Å². The summed E-state index contributed by atoms with van der Waals surface area (Å²) in [6, 6.07) is 0. The molecule has 0 amide bonds. The van der Waals surface area contributed by atoms with Gasteiger partial charge in [0.25, 0.3) is 0 Å². The van der Waals surface area contributed by atoms with Crippen LogP contribution in [0.2, 0.25) is 0 Å². The number of aliphatic imine (C=N–C) groups is 1. The van der Waals surface area contributed by atoms with E-state index in [1.807, 2.05) is 7.05 Å². The molecule has 1 aliphatic rings. The maximum absolute atomic E-state index is 5.55. The van der Waals surface area contributed by atoms with Crippen LogP contribution in [0.5, 0.6) is 0 Å². The lowest BCUT2D eigenvalue weighted by Gasteiger charge is -2.14. The molecule has 0 aromatic heterocycles. The van der Waals surface area contributed by atoms with Gasteiger partial charge in [0.05, 0.1) is 0 Å². The van der Waals surface area contributed by atoms with Gasteiger partial charge in [0.15, 0.2) is 5.96 Å². The highest BCUT2D eigenvalue weighted by atomic mass is 32.2. The molecule has 2 N–H and O–H groups in total. The number of guanidine groups is 1. The van der Waals surface area contributed by atoms with E-state index in [0.29, 0.717) is 5.92 Å². The van der Waals surface area contributed by atoms with Crippen LogP contribution < -0.4 is 10.6 Å². The Bertz CT molecular complexity index is 253. The second-order valence-electron chi connectivity index (χ2n) is 5.34. The van der Waals surface area contributed by atoms with E-state index in [0.717, 1.165) is 43.9 Å². The molecule has 4 nitrogen and oxygen atoms in total. The molecular formula is C14H29N3OS. The van der Waals surface area contributed by atoms with E-state index in [1.54, 1.807) is 0 Å². The summed E-state index contributed by atoms with van der Waals surface area (Å²) in [7, 11) is 1.83. The summed E-state index contributed by atoms with van der Waals surface area (Å²) < 4.78 is 5.55. The van der Waals surface area contributed by atoms with Gasteiger partial charge in [-0.25, -0.2) is 0 Å². The zero-order valence-corrected chi connectivity index (χ0v) is 13.4. The van der Waals surface area contributed by atoms with Crippen LogP contribution in [0.25, 0.3) is 0 Å². The van der Waals surface area contributed by atoms with Crippen molar-refractivity contribution in [2.24, 2.45) is 10.9 Å². The minimum Gasteiger partial charge on any atom is -0.381 e. The van der Waals surface area contributed by atoms with Gasteiger partial charge in [0, 0.05) is 38.6 Å². The molecule has 0 aromatic rings. The first kappa shape index (κ1) is 16.6. The lowest BCUT2D eigenvalue weighted by Crippen LogP contribution is -2.40. The molecule has 1 aliphatic heterocycles. The average Bonchev–Trinajstić information content (AvgIpc) is 2.90. The summed E-state index contributed by atoms with van der Waals surface area (Å²) >= 11 is 2.07. The molecule has 0 aliphatic carbocycles. The highest BCUT2D eigenvalue weighted by Gasteiger charge is 2.15. The highest BCUT2D eigenvalue weighted by molar-refractivity contribution is 8.00. The zero-order chi connectivity index (χ0) is 13.9. The molecule has 5 heteroatoms. The Morgan fingerprint density at radius 3 is 2.89 bits per heavy atom. The van der Waals surface area contributed by atoms with Gasteiger partial charge in [-0.2, -0.15) is 11.8 Å². The summed E-state index contributed by atoms with van der Waals surface area (Å²) in [6.45, 7) is 7.95. The van der Waals surface area contributed by atoms with Gasteiger partial charge in [-0.1, -0.05) is 13.8 Å². The lowest BCUT2D eigenvalue weighted by molar-refractivity contribution is 0.108. The first-order chi connectivity index (χ1) is 9.22. The number of thioether (sulfide) groups is 1. The van der Waals surface area contributed by atoms with Crippen LogP contribution in [-0.4, -0.2) is 50.3 Å². The van der Waals surface area contributed by atoms with Crippen molar-refractivity contribution in [3.05, 3.63) is 0 Å². The molecule has 19 heavy (non-hydrogen) atoms. The van der Waals surface area contributed by atoms with Crippen molar-refractivity contribution < 1.29 is 4.74 Å². The minimum atomic E-state index is 0.617. The van der Waals surface area contributed by atoms with Gasteiger partial charge < -0.3 is 15.4 Å². The molecule has 1 fully saturated rings. The molecule has 1 saturated heterocycles. The first-order valence-corrected chi connectivity index (χ1v) is 8.41. The molecule has 0 bridgehead atoms. The van der Waals surface area contributed by atoms with Crippen molar-refractivity contribution in [3.8, 4) is 0 Å². The summed E-state index contributed by atoms with van der Waals surface area (Å²) in [6.07, 6.45) is 3.71. The molecular weight excluding hydrogens is 258 g/mol. The van der Waals surface area contributed by atoms with Crippen molar-refractivity contribution in [1.82, 2.24) is 10.6 Å². The number of ether oxygens (including phenoxy) is 1. The summed E-state index contributed by atoms with van der Waals surface area (Å²) in [5.41, 5.74) is 0. The number of rotatable bonds is 8. The van der Waals surface area contributed by atoms with E-state index in [2.05, 4.69) is 41.2 Å². The predicted molar refractivity (Wildman–Crippen MR) is 85.1 cm³/mol. The van der Waals surface area contributed by atoms with Gasteiger partial charge in [0.2, 0.25) is 0 Å². The Balaban J connectivity index is 1.99. The predicted octanol–water partition coefficient (Wildman–Crippen LogP) is 2.11. The third kappa shape index (κ3) is 8.37. The average molecular weight is 287 g/mol. The van der Waals surface area contributed by atoms with E-state index < -0.39 is 0 Å². The van der Waals surface area contributed by atoms with E-state index >= 15 is 0 Å². The number of nitrogens with one attached hydrogen (secondary N) is 2. The topological polar surface area (TPSA) is 45.7 Å². The third-order valence-corrected chi connectivity index (χ3v) is 4.35. The van der Waals surface area contributed by atoms with Crippen LogP contribution in [0.3, 0.4) is 0 Å². The van der Waals surface area contributed by atoms with Crippen molar-refractivity contribution in [1.29, 1.82) is 0 Å². The summed E-state index contributed by atoms with van der Waals surface area (Å²) in [4.78, 5) is 4.24. The Hall–Kier alpha value is -0.420. The van der Waals surface area contributed by atoms with Gasteiger partial charge >= 0.3 is 0 Å². The van der Waals surface area contributed by atoms with Crippen LogP contribution in [0.1, 0.15) is 33.1 Å². The number of hydrogen-bond donors (Lipinski definition) is 2. The monoisotopic (exact) mass is 287 g/mol. The van der Waals surface area contributed by atoms with Gasteiger partial charge in [-0.3, -0.25) is 4.99 Å². The van der Waals surface area contributed by atoms with Crippen LogP contribution in [0.4, 0.5) is 0 Å². The van der Waals surface area contributed by atoms with Crippen LogP contribution in [0.15, 0.2) is 4.99 Å². The summed E-state index contributed by atoms with van der Waals surface area (Å²) in [5.74, 6) is 2.84. The summed E-state index contributed by atoms with van der Waals surface area (Å²) in [5, 5.41) is 7.49. The van der Waals surface area contributed by atoms with E-state index in [1.165, 1.54) is 18.6 Å². The first-order valence-electron chi connectivity index (χ1n) is 7.36. The van der Waals surface area contributed by atoms with Gasteiger partial charge in [-0.05, 0) is 30.9 Å². The normalized spacial score (nSPS) is 20.0. The highest BCUT2D eigenvalue weighted by Crippen LogP contribution is 2.25. The fourth-order valence-corrected chi connectivity index (χ4v) is 3.14. The molecule has 1 heterocycles. The smallest absolute Gasteiger partial charge is 0.191 e.